The molecule has 9 heteroatoms. The van der Waals surface area contributed by atoms with Gasteiger partial charge in [-0.25, -0.2) is 4.79 Å². The Balaban J connectivity index is 2.45. The molecule has 2 heterocycles. The minimum Gasteiger partial charge on any atom is -0.476 e. The number of aromatic carboxylic acids is 1. The average molecular weight is 292 g/mol. The number of likely N-dealkylation sites (tertiary alicyclic amines) is 1. The van der Waals surface area contributed by atoms with E-state index < -0.39 is 23.8 Å². The van der Waals surface area contributed by atoms with Gasteiger partial charge in [-0.1, -0.05) is 0 Å². The third-order valence-electron chi connectivity index (χ3n) is 3.53. The van der Waals surface area contributed by atoms with Gasteiger partial charge in [0.25, 0.3) is 0 Å². The number of hydrogen-bond acceptors (Lipinski definition) is 4. The van der Waals surface area contributed by atoms with Crippen LogP contribution in [0.15, 0.2) is 0 Å². The van der Waals surface area contributed by atoms with Gasteiger partial charge in [0.1, 0.15) is 5.82 Å². The number of hydrogen-bond donors (Lipinski definition) is 2. The maximum Gasteiger partial charge on any atom is 0.506 e. The molecule has 0 radical (unpaired) electrons. The molecule has 112 valence electrons. The summed E-state index contributed by atoms with van der Waals surface area (Å²) >= 11 is 0. The Morgan fingerprint density at radius 1 is 1.40 bits per heavy atom. The monoisotopic (exact) mass is 292 g/mol. The van der Waals surface area contributed by atoms with E-state index >= 15 is 0 Å². The number of nitrogen functional groups attached to an aromatic ring is 1. The second kappa shape index (κ2) is 4.97. The molecule has 1 aliphatic rings. The van der Waals surface area contributed by atoms with Crippen molar-refractivity contribution in [1.29, 1.82) is 0 Å². The molecule has 1 aliphatic heterocycles. The number of rotatable bonds is 2. The first-order valence-corrected chi connectivity index (χ1v) is 6.09. The van der Waals surface area contributed by atoms with Crippen LogP contribution in [0.1, 0.15) is 34.8 Å². The smallest absolute Gasteiger partial charge is 0.476 e. The molecule has 0 spiro atoms. The maximum atomic E-state index is 12.8. The van der Waals surface area contributed by atoms with Crippen molar-refractivity contribution < 1.29 is 23.1 Å². The number of aromatic nitrogens is 2. The lowest BCUT2D eigenvalue weighted by Gasteiger charge is -2.29. The van der Waals surface area contributed by atoms with E-state index in [1.807, 2.05) is 11.9 Å². The van der Waals surface area contributed by atoms with Crippen molar-refractivity contribution in [2.24, 2.45) is 0 Å². The van der Waals surface area contributed by atoms with E-state index in [1.54, 1.807) is 0 Å². The van der Waals surface area contributed by atoms with Crippen LogP contribution in [0.4, 0.5) is 19.0 Å². The van der Waals surface area contributed by atoms with Crippen LogP contribution in [-0.4, -0.2) is 45.9 Å². The predicted molar refractivity (Wildman–Crippen MR) is 64.4 cm³/mol. The van der Waals surface area contributed by atoms with E-state index in [2.05, 4.69) is 5.10 Å². The summed E-state index contributed by atoms with van der Waals surface area (Å²) in [6, 6.07) is 0. The van der Waals surface area contributed by atoms with Crippen LogP contribution in [-0.2, 0) is 6.30 Å². The molecule has 1 saturated heterocycles. The van der Waals surface area contributed by atoms with Gasteiger partial charge in [-0.2, -0.15) is 9.78 Å². The van der Waals surface area contributed by atoms with Crippen LogP contribution in [0, 0.1) is 0 Å². The predicted octanol–water partition coefficient (Wildman–Crippen LogP) is 1.45. The fourth-order valence-electron chi connectivity index (χ4n) is 2.49. The van der Waals surface area contributed by atoms with Crippen molar-refractivity contribution >= 4 is 11.8 Å². The normalized spacial score (nSPS) is 18.4. The molecule has 0 bridgehead atoms. The molecule has 1 fully saturated rings. The van der Waals surface area contributed by atoms with E-state index in [0.29, 0.717) is 25.9 Å². The van der Waals surface area contributed by atoms with Gasteiger partial charge in [-0.05, 0) is 38.9 Å². The highest BCUT2D eigenvalue weighted by atomic mass is 19.4. The Kier molecular flexibility index (Phi) is 3.63. The lowest BCUT2D eigenvalue weighted by atomic mass is 9.89. The van der Waals surface area contributed by atoms with Crippen LogP contribution >= 0.6 is 0 Å². The molecule has 6 nitrogen and oxygen atoms in total. The second-order valence-corrected chi connectivity index (χ2v) is 4.91. The molecule has 3 N–H and O–H groups in total. The summed E-state index contributed by atoms with van der Waals surface area (Å²) in [5.74, 6) is -2.42. The number of piperidine rings is 1. The fraction of sp³-hybridized carbons (Fsp3) is 0.636. The molecule has 20 heavy (non-hydrogen) atoms. The average Bonchev–Trinajstić information content (AvgIpc) is 2.68. The van der Waals surface area contributed by atoms with Gasteiger partial charge >= 0.3 is 12.3 Å². The van der Waals surface area contributed by atoms with Crippen molar-refractivity contribution in [3.05, 3.63) is 11.3 Å². The Hall–Kier alpha value is -1.77. The Labute approximate surface area is 113 Å². The van der Waals surface area contributed by atoms with Gasteiger partial charge in [0.2, 0.25) is 0 Å². The first-order valence-electron chi connectivity index (χ1n) is 6.09. The zero-order valence-electron chi connectivity index (χ0n) is 10.8. The topological polar surface area (TPSA) is 84.4 Å². The molecular formula is C11H15F3N4O2. The molecule has 0 amide bonds. The molecule has 0 saturated carbocycles. The highest BCUT2D eigenvalue weighted by Crippen LogP contribution is 2.37. The quantitative estimate of drug-likeness (QED) is 0.862. The molecule has 0 unspecified atom stereocenters. The van der Waals surface area contributed by atoms with Crippen LogP contribution in [0.2, 0.25) is 0 Å². The van der Waals surface area contributed by atoms with Crippen molar-refractivity contribution in [2.45, 2.75) is 25.1 Å². The Morgan fingerprint density at radius 2 is 1.95 bits per heavy atom. The van der Waals surface area contributed by atoms with E-state index in [-0.39, 0.29) is 16.2 Å². The summed E-state index contributed by atoms with van der Waals surface area (Å²) < 4.78 is 37.9. The summed E-state index contributed by atoms with van der Waals surface area (Å²) in [5.41, 5.74) is 4.90. The van der Waals surface area contributed by atoms with Gasteiger partial charge in [0.05, 0.1) is 0 Å². The van der Waals surface area contributed by atoms with Gasteiger partial charge < -0.3 is 15.7 Å². The van der Waals surface area contributed by atoms with Crippen molar-refractivity contribution in [3.63, 3.8) is 0 Å². The van der Waals surface area contributed by atoms with Gasteiger partial charge in [0.15, 0.2) is 5.69 Å². The van der Waals surface area contributed by atoms with E-state index in [4.69, 9.17) is 10.8 Å². The van der Waals surface area contributed by atoms with Crippen LogP contribution in [0.5, 0.6) is 0 Å². The van der Waals surface area contributed by atoms with Crippen molar-refractivity contribution in [3.8, 4) is 0 Å². The van der Waals surface area contributed by atoms with E-state index in [1.165, 1.54) is 0 Å². The Morgan fingerprint density at radius 3 is 2.40 bits per heavy atom. The van der Waals surface area contributed by atoms with Crippen molar-refractivity contribution in [2.75, 3.05) is 25.9 Å². The standard InChI is InChI=1S/C11H15F3N4O2/c1-17-4-2-6(3-5-17)7-8(10(19)20)16-18(9(7)15)11(12,13)14/h6H,2-5,15H2,1H3,(H,19,20). The van der Waals surface area contributed by atoms with Crippen LogP contribution in [0.25, 0.3) is 0 Å². The molecule has 1 aromatic heterocycles. The van der Waals surface area contributed by atoms with Crippen LogP contribution < -0.4 is 5.73 Å². The minimum absolute atomic E-state index is 0.00271. The first kappa shape index (κ1) is 14.6. The number of carboxylic acids is 1. The molecule has 0 atom stereocenters. The summed E-state index contributed by atoms with van der Waals surface area (Å²) in [4.78, 5) is 13.1. The zero-order chi connectivity index (χ0) is 15.1. The molecule has 0 aromatic carbocycles. The third-order valence-corrected chi connectivity index (χ3v) is 3.53. The lowest BCUT2D eigenvalue weighted by molar-refractivity contribution is -0.210. The highest BCUT2D eigenvalue weighted by molar-refractivity contribution is 5.89. The number of carbonyl (C=O) groups is 1. The summed E-state index contributed by atoms with van der Waals surface area (Å²) in [7, 11) is 1.90. The van der Waals surface area contributed by atoms with Gasteiger partial charge in [0, 0.05) is 5.56 Å². The van der Waals surface area contributed by atoms with Crippen molar-refractivity contribution in [1.82, 2.24) is 14.7 Å². The Bertz CT molecular complexity index is 518. The highest BCUT2D eigenvalue weighted by Gasteiger charge is 2.39. The number of carboxylic acid groups (broad SMARTS) is 1. The van der Waals surface area contributed by atoms with Gasteiger partial charge in [-0.15, -0.1) is 13.2 Å². The second-order valence-electron chi connectivity index (χ2n) is 4.91. The molecule has 0 aliphatic carbocycles. The molecule has 2 rings (SSSR count). The lowest BCUT2D eigenvalue weighted by Crippen LogP contribution is -2.30. The fourth-order valence-corrected chi connectivity index (χ4v) is 2.49. The molecular weight excluding hydrogens is 277 g/mol. The maximum absolute atomic E-state index is 12.8. The number of anilines is 1. The zero-order valence-corrected chi connectivity index (χ0v) is 10.8. The first-order chi connectivity index (χ1) is 9.21. The van der Waals surface area contributed by atoms with E-state index in [9.17, 15) is 18.0 Å². The number of nitrogens with two attached hydrogens (primary N) is 1. The number of nitrogens with zero attached hydrogens (tertiary/aromatic N) is 3. The molecule has 1 aromatic rings. The summed E-state index contributed by atoms with van der Waals surface area (Å²) in [5, 5.41) is 12.2. The SMILES string of the molecule is CN1CCC(c2c(C(=O)O)nn(C(F)(F)F)c2N)CC1. The number of alkyl halides is 3. The number of halogens is 3. The van der Waals surface area contributed by atoms with Gasteiger partial charge in [-0.3, -0.25) is 0 Å². The summed E-state index contributed by atoms with van der Waals surface area (Å²) in [6.45, 7) is 1.36. The van der Waals surface area contributed by atoms with Crippen LogP contribution in [0.3, 0.4) is 0 Å². The summed E-state index contributed by atoms with van der Waals surface area (Å²) in [6.07, 6.45) is -3.70. The third kappa shape index (κ3) is 2.58. The van der Waals surface area contributed by atoms with E-state index in [0.717, 1.165) is 0 Å². The minimum atomic E-state index is -4.82. The largest absolute Gasteiger partial charge is 0.506 e.